The lowest BCUT2D eigenvalue weighted by atomic mass is 9.43. The molecule has 1 saturated carbocycles. The number of hydrogen-bond acceptors (Lipinski definition) is 3. The second kappa shape index (κ2) is 4.00. The summed E-state index contributed by atoms with van der Waals surface area (Å²) in [6.07, 6.45) is 6.17. The molecule has 4 aliphatic rings. The van der Waals surface area contributed by atoms with Crippen molar-refractivity contribution in [1.82, 2.24) is 5.32 Å². The third-order valence-corrected chi connectivity index (χ3v) is 7.51. The van der Waals surface area contributed by atoms with Crippen molar-refractivity contribution in [3.63, 3.8) is 0 Å². The minimum absolute atomic E-state index is 0.115. The normalized spacial score (nSPS) is 44.4. The molecule has 3 heteroatoms. The summed E-state index contributed by atoms with van der Waals surface area (Å²) in [4.78, 5) is 0. The van der Waals surface area contributed by atoms with Crippen LogP contribution < -0.4 is 10.1 Å². The van der Waals surface area contributed by atoms with E-state index >= 15 is 0 Å². The van der Waals surface area contributed by atoms with Crippen LogP contribution in [0.15, 0.2) is 12.1 Å². The van der Waals surface area contributed by atoms with Crippen molar-refractivity contribution in [3.8, 4) is 11.5 Å². The summed E-state index contributed by atoms with van der Waals surface area (Å²) in [6, 6.07) is 4.52. The molecule has 0 amide bonds. The molecular formula is C19H25NO2. The van der Waals surface area contributed by atoms with Crippen LogP contribution in [0, 0.1) is 11.3 Å². The van der Waals surface area contributed by atoms with Crippen molar-refractivity contribution in [1.29, 1.82) is 0 Å². The van der Waals surface area contributed by atoms with Crippen LogP contribution in [0.3, 0.4) is 0 Å². The van der Waals surface area contributed by atoms with E-state index in [4.69, 9.17) is 4.74 Å². The number of nitrogens with one attached hydrogen (secondary N) is 1. The molecule has 118 valence electrons. The molecule has 2 aliphatic carbocycles. The smallest absolute Gasteiger partial charge is 0.165 e. The Kier molecular flexibility index (Phi) is 2.41. The third kappa shape index (κ3) is 1.22. The molecule has 1 aromatic carbocycles. The van der Waals surface area contributed by atoms with Gasteiger partial charge < -0.3 is 15.2 Å². The lowest BCUT2D eigenvalue weighted by Crippen LogP contribution is -2.70. The Hall–Kier alpha value is -1.22. The summed E-state index contributed by atoms with van der Waals surface area (Å²) in [7, 11) is 0. The van der Waals surface area contributed by atoms with Crippen molar-refractivity contribution >= 4 is 0 Å². The predicted molar refractivity (Wildman–Crippen MR) is 85.4 cm³/mol. The van der Waals surface area contributed by atoms with Crippen molar-refractivity contribution in [2.24, 2.45) is 11.3 Å². The summed E-state index contributed by atoms with van der Waals surface area (Å²) in [6.45, 7) is 5.84. The number of ether oxygens (including phenoxy) is 1. The molecule has 1 spiro atoms. The average molecular weight is 299 g/mol. The Labute approximate surface area is 132 Å². The lowest BCUT2D eigenvalue weighted by molar-refractivity contribution is -0.0926. The lowest BCUT2D eigenvalue weighted by Gasteiger charge is -2.63. The maximum absolute atomic E-state index is 10.4. The molecule has 1 saturated heterocycles. The van der Waals surface area contributed by atoms with E-state index in [1.807, 2.05) is 6.07 Å². The van der Waals surface area contributed by atoms with Crippen molar-refractivity contribution in [3.05, 3.63) is 23.3 Å². The van der Waals surface area contributed by atoms with E-state index in [1.54, 1.807) is 0 Å². The number of rotatable bonds is 1. The number of piperidine rings is 1. The van der Waals surface area contributed by atoms with Crippen LogP contribution in [0.25, 0.3) is 0 Å². The molecule has 2 heterocycles. The molecule has 3 nitrogen and oxygen atoms in total. The highest BCUT2D eigenvalue weighted by atomic mass is 16.5. The first-order valence-electron chi connectivity index (χ1n) is 8.87. The highest BCUT2D eigenvalue weighted by Gasteiger charge is 2.69. The van der Waals surface area contributed by atoms with Crippen LogP contribution in [0.1, 0.15) is 50.7 Å². The second-order valence-corrected chi connectivity index (χ2v) is 8.04. The van der Waals surface area contributed by atoms with Crippen LogP contribution in [0.5, 0.6) is 11.5 Å². The first-order chi connectivity index (χ1) is 10.6. The standard InChI is InChI=1S/C19H25NO2/c1-3-11-6-7-18(2)14-10-12-4-5-13(21)16-15(12)19(18,8-9-20-14)17(11)22-16/h4-5,11,14,17,20-21H,3,6-10H2,1-2H3. The summed E-state index contributed by atoms with van der Waals surface area (Å²) < 4.78 is 6.50. The zero-order chi connectivity index (χ0) is 15.1. The van der Waals surface area contributed by atoms with Gasteiger partial charge in [-0.3, -0.25) is 0 Å². The van der Waals surface area contributed by atoms with E-state index in [0.717, 1.165) is 25.1 Å². The number of benzene rings is 1. The Morgan fingerprint density at radius 1 is 1.36 bits per heavy atom. The van der Waals surface area contributed by atoms with Crippen molar-refractivity contribution in [2.45, 2.75) is 63.5 Å². The van der Waals surface area contributed by atoms with Gasteiger partial charge in [0.05, 0.1) is 0 Å². The monoisotopic (exact) mass is 299 g/mol. The maximum Gasteiger partial charge on any atom is 0.165 e. The Balaban J connectivity index is 1.83. The molecule has 2 fully saturated rings. The molecule has 1 aromatic rings. The highest BCUT2D eigenvalue weighted by Crippen LogP contribution is 2.68. The van der Waals surface area contributed by atoms with Crippen molar-refractivity contribution in [2.75, 3.05) is 6.54 Å². The minimum Gasteiger partial charge on any atom is -0.504 e. The first kappa shape index (κ1) is 13.2. The topological polar surface area (TPSA) is 41.5 Å². The summed E-state index contributed by atoms with van der Waals surface area (Å²) in [5.41, 5.74) is 3.15. The van der Waals surface area contributed by atoms with Gasteiger partial charge in [0.15, 0.2) is 11.5 Å². The number of aromatic hydroxyl groups is 1. The van der Waals surface area contributed by atoms with Crippen LogP contribution in [0.4, 0.5) is 0 Å². The predicted octanol–water partition coefficient (Wildman–Crippen LogP) is 3.14. The minimum atomic E-state index is 0.115. The molecule has 0 aromatic heterocycles. The van der Waals surface area contributed by atoms with Gasteiger partial charge in [-0.2, -0.15) is 0 Å². The fraction of sp³-hybridized carbons (Fsp3) is 0.684. The third-order valence-electron chi connectivity index (χ3n) is 7.51. The SMILES string of the molecule is CCC1CCC2(C)C3Cc4ccc(O)c5c4C2(CCN3)C1O5. The van der Waals surface area contributed by atoms with Gasteiger partial charge in [-0.25, -0.2) is 0 Å². The van der Waals surface area contributed by atoms with E-state index < -0.39 is 0 Å². The fourth-order valence-corrected chi connectivity index (χ4v) is 6.37. The van der Waals surface area contributed by atoms with Gasteiger partial charge in [0, 0.05) is 17.0 Å². The van der Waals surface area contributed by atoms with Gasteiger partial charge in [-0.15, -0.1) is 0 Å². The van der Waals surface area contributed by atoms with Gasteiger partial charge in [0.2, 0.25) is 0 Å². The summed E-state index contributed by atoms with van der Waals surface area (Å²) in [5.74, 6) is 1.77. The van der Waals surface area contributed by atoms with Gasteiger partial charge in [0.25, 0.3) is 0 Å². The van der Waals surface area contributed by atoms with E-state index in [1.165, 1.54) is 30.4 Å². The number of phenols is 1. The van der Waals surface area contributed by atoms with E-state index in [0.29, 0.717) is 17.7 Å². The summed E-state index contributed by atoms with van der Waals surface area (Å²) >= 11 is 0. The zero-order valence-electron chi connectivity index (χ0n) is 13.5. The van der Waals surface area contributed by atoms with E-state index in [2.05, 4.69) is 25.2 Å². The van der Waals surface area contributed by atoms with Gasteiger partial charge in [-0.1, -0.05) is 19.9 Å². The Morgan fingerprint density at radius 3 is 3.05 bits per heavy atom. The van der Waals surface area contributed by atoms with E-state index in [9.17, 15) is 5.11 Å². The van der Waals surface area contributed by atoms with Crippen molar-refractivity contribution < 1.29 is 9.84 Å². The summed E-state index contributed by atoms with van der Waals surface area (Å²) in [5, 5.41) is 14.2. The molecular weight excluding hydrogens is 274 g/mol. The van der Waals surface area contributed by atoms with Gasteiger partial charge in [-0.05, 0) is 61.6 Å². The highest BCUT2D eigenvalue weighted by molar-refractivity contribution is 5.61. The zero-order valence-corrected chi connectivity index (χ0v) is 13.5. The molecule has 2 N–H and O–H groups in total. The van der Waals surface area contributed by atoms with Crippen LogP contribution in [-0.4, -0.2) is 23.8 Å². The van der Waals surface area contributed by atoms with Gasteiger partial charge in [0.1, 0.15) is 6.10 Å². The average Bonchev–Trinajstić information content (AvgIpc) is 2.84. The van der Waals surface area contributed by atoms with Crippen LogP contribution in [0.2, 0.25) is 0 Å². The first-order valence-corrected chi connectivity index (χ1v) is 8.87. The second-order valence-electron chi connectivity index (χ2n) is 8.04. The number of hydrogen-bond donors (Lipinski definition) is 2. The molecule has 5 rings (SSSR count). The van der Waals surface area contributed by atoms with Gasteiger partial charge >= 0.3 is 0 Å². The maximum atomic E-state index is 10.4. The largest absolute Gasteiger partial charge is 0.504 e. The van der Waals surface area contributed by atoms with Crippen LogP contribution >= 0.6 is 0 Å². The fourth-order valence-electron chi connectivity index (χ4n) is 6.37. The molecule has 22 heavy (non-hydrogen) atoms. The molecule has 0 radical (unpaired) electrons. The number of phenolic OH excluding ortho intramolecular Hbond substituents is 1. The molecule has 5 atom stereocenters. The Bertz CT molecular complexity index is 657. The van der Waals surface area contributed by atoms with E-state index in [-0.39, 0.29) is 16.9 Å². The molecule has 2 bridgehead atoms. The molecule has 2 aliphatic heterocycles. The quantitative estimate of drug-likeness (QED) is 0.837. The molecule has 5 unspecified atom stereocenters. The van der Waals surface area contributed by atoms with Crippen LogP contribution in [-0.2, 0) is 11.8 Å². The Morgan fingerprint density at radius 2 is 2.23 bits per heavy atom.